The number of hydrogen-bond donors (Lipinski definition) is 0. The van der Waals surface area contributed by atoms with Gasteiger partial charge in [-0.25, -0.2) is 0 Å². The van der Waals surface area contributed by atoms with Gasteiger partial charge in [-0.1, -0.05) is 42.5 Å². The molecule has 0 saturated carbocycles. The molecule has 0 radical (unpaired) electrons. The zero-order chi connectivity index (χ0) is 12.8. The van der Waals surface area contributed by atoms with E-state index in [-0.39, 0.29) is 0 Å². The molecular formula is C16H11NO. The van der Waals surface area contributed by atoms with E-state index in [1.54, 1.807) is 12.1 Å². The van der Waals surface area contributed by atoms with Crippen LogP contribution in [0.15, 0.2) is 48.5 Å². The summed E-state index contributed by atoms with van der Waals surface area (Å²) < 4.78 is 0. The highest BCUT2D eigenvalue weighted by molar-refractivity contribution is 5.78. The van der Waals surface area contributed by atoms with Crippen molar-refractivity contribution in [2.45, 2.75) is 0 Å². The Kier molecular flexibility index (Phi) is 3.68. The van der Waals surface area contributed by atoms with Gasteiger partial charge in [0.1, 0.15) is 6.29 Å². The van der Waals surface area contributed by atoms with Crippen LogP contribution in [0.5, 0.6) is 0 Å². The molecule has 0 fully saturated rings. The van der Waals surface area contributed by atoms with Crippen LogP contribution in [-0.4, -0.2) is 6.29 Å². The summed E-state index contributed by atoms with van der Waals surface area (Å²) in [5.74, 6) is 0. The average molecular weight is 233 g/mol. The third-order valence-electron chi connectivity index (χ3n) is 2.53. The Bertz CT molecular complexity index is 636. The molecule has 0 spiro atoms. The van der Waals surface area contributed by atoms with Gasteiger partial charge in [-0.05, 0) is 29.3 Å². The van der Waals surface area contributed by atoms with Crippen molar-refractivity contribution >= 4 is 18.4 Å². The number of nitriles is 1. The lowest BCUT2D eigenvalue weighted by molar-refractivity contribution is 0.112. The molecular weight excluding hydrogens is 222 g/mol. The van der Waals surface area contributed by atoms with Crippen molar-refractivity contribution in [2.75, 3.05) is 0 Å². The predicted molar refractivity (Wildman–Crippen MR) is 71.9 cm³/mol. The molecule has 0 N–H and O–H groups in total. The molecule has 0 heterocycles. The van der Waals surface area contributed by atoms with Gasteiger partial charge in [0, 0.05) is 5.56 Å². The summed E-state index contributed by atoms with van der Waals surface area (Å²) in [5.41, 5.74) is 3.22. The van der Waals surface area contributed by atoms with Crippen molar-refractivity contribution in [3.8, 4) is 6.07 Å². The summed E-state index contributed by atoms with van der Waals surface area (Å²) >= 11 is 0. The molecule has 0 atom stereocenters. The zero-order valence-corrected chi connectivity index (χ0v) is 9.71. The number of benzene rings is 2. The Labute approximate surface area is 106 Å². The van der Waals surface area contributed by atoms with E-state index in [0.29, 0.717) is 11.1 Å². The second-order valence-electron chi connectivity index (χ2n) is 3.86. The maximum atomic E-state index is 10.7. The van der Waals surface area contributed by atoms with Gasteiger partial charge in [0.2, 0.25) is 0 Å². The third-order valence-corrected chi connectivity index (χ3v) is 2.53. The average Bonchev–Trinajstić information content (AvgIpc) is 2.45. The Morgan fingerprint density at radius 3 is 2.17 bits per heavy atom. The largest absolute Gasteiger partial charge is 0.298 e. The summed E-state index contributed by atoms with van der Waals surface area (Å²) in [4.78, 5) is 10.7. The van der Waals surface area contributed by atoms with Crippen LogP contribution in [0, 0.1) is 11.3 Å². The van der Waals surface area contributed by atoms with E-state index >= 15 is 0 Å². The van der Waals surface area contributed by atoms with E-state index in [9.17, 15) is 4.79 Å². The van der Waals surface area contributed by atoms with Crippen molar-refractivity contribution in [2.24, 2.45) is 0 Å². The second-order valence-corrected chi connectivity index (χ2v) is 3.86. The number of hydrogen-bond acceptors (Lipinski definition) is 2. The second kappa shape index (κ2) is 5.60. The smallest absolute Gasteiger partial charge is 0.150 e. The maximum Gasteiger partial charge on any atom is 0.150 e. The first-order chi connectivity index (χ1) is 8.81. The van der Waals surface area contributed by atoms with Gasteiger partial charge in [0.15, 0.2) is 0 Å². The Balaban J connectivity index is 2.24. The van der Waals surface area contributed by atoms with Crippen LogP contribution in [-0.2, 0) is 0 Å². The zero-order valence-electron chi connectivity index (χ0n) is 9.71. The third kappa shape index (κ3) is 2.93. The number of rotatable bonds is 3. The molecule has 2 heteroatoms. The molecule has 2 nitrogen and oxygen atoms in total. The maximum absolute atomic E-state index is 10.7. The van der Waals surface area contributed by atoms with E-state index in [1.807, 2.05) is 48.6 Å². The van der Waals surface area contributed by atoms with Crippen LogP contribution in [0.2, 0.25) is 0 Å². The van der Waals surface area contributed by atoms with E-state index < -0.39 is 0 Å². The van der Waals surface area contributed by atoms with Gasteiger partial charge in [0.25, 0.3) is 0 Å². The minimum Gasteiger partial charge on any atom is -0.298 e. The molecule has 0 aliphatic rings. The molecule has 86 valence electrons. The lowest BCUT2D eigenvalue weighted by Gasteiger charge is -1.96. The van der Waals surface area contributed by atoms with Crippen LogP contribution < -0.4 is 0 Å². The number of nitrogens with zero attached hydrogens (tertiary/aromatic N) is 1. The minimum atomic E-state index is 0.638. The van der Waals surface area contributed by atoms with Crippen molar-refractivity contribution < 1.29 is 4.79 Å². The first-order valence-corrected chi connectivity index (χ1v) is 5.55. The number of aldehydes is 1. The first kappa shape index (κ1) is 11.8. The summed E-state index contributed by atoms with van der Waals surface area (Å²) in [6.45, 7) is 0. The molecule has 0 aromatic heterocycles. The fourth-order valence-corrected chi connectivity index (χ4v) is 1.64. The molecule has 0 unspecified atom stereocenters. The van der Waals surface area contributed by atoms with Gasteiger partial charge in [-0.15, -0.1) is 0 Å². The highest BCUT2D eigenvalue weighted by Crippen LogP contribution is 2.11. The molecule has 2 aromatic rings. The fourth-order valence-electron chi connectivity index (χ4n) is 1.64. The lowest BCUT2D eigenvalue weighted by atomic mass is 10.1. The van der Waals surface area contributed by atoms with Crippen LogP contribution in [0.25, 0.3) is 12.2 Å². The molecule has 18 heavy (non-hydrogen) atoms. The van der Waals surface area contributed by atoms with Crippen LogP contribution in [0.3, 0.4) is 0 Å². The predicted octanol–water partition coefficient (Wildman–Crippen LogP) is 3.54. The fraction of sp³-hybridized carbons (Fsp3) is 0. The van der Waals surface area contributed by atoms with Crippen molar-refractivity contribution in [1.82, 2.24) is 0 Å². The van der Waals surface area contributed by atoms with Crippen molar-refractivity contribution in [3.63, 3.8) is 0 Å². The number of carbonyl (C=O) groups is 1. The molecule has 0 saturated heterocycles. The number of carbonyl (C=O) groups excluding carboxylic acids is 1. The van der Waals surface area contributed by atoms with Gasteiger partial charge in [-0.3, -0.25) is 4.79 Å². The van der Waals surface area contributed by atoms with E-state index in [2.05, 4.69) is 6.07 Å². The van der Waals surface area contributed by atoms with Gasteiger partial charge in [-0.2, -0.15) is 5.26 Å². The molecule has 0 amide bonds. The normalized spacial score (nSPS) is 10.2. The highest BCUT2D eigenvalue weighted by Gasteiger charge is 1.93. The van der Waals surface area contributed by atoms with E-state index in [0.717, 1.165) is 17.4 Å². The van der Waals surface area contributed by atoms with Gasteiger partial charge < -0.3 is 0 Å². The molecule has 0 bridgehead atoms. The minimum absolute atomic E-state index is 0.638. The van der Waals surface area contributed by atoms with Crippen molar-refractivity contribution in [3.05, 3.63) is 70.8 Å². The van der Waals surface area contributed by atoms with E-state index in [4.69, 9.17) is 5.26 Å². The summed E-state index contributed by atoms with van der Waals surface area (Å²) in [5, 5.41) is 8.80. The van der Waals surface area contributed by atoms with Gasteiger partial charge >= 0.3 is 0 Å². The Morgan fingerprint density at radius 2 is 1.50 bits per heavy atom. The SMILES string of the molecule is N#Cc1cccc(/C=C/c2cccc(C=O)c2)c1. The van der Waals surface area contributed by atoms with Crippen LogP contribution in [0.1, 0.15) is 27.0 Å². The summed E-state index contributed by atoms with van der Waals surface area (Å²) in [6, 6.07) is 16.8. The summed E-state index contributed by atoms with van der Waals surface area (Å²) in [6.07, 6.45) is 4.67. The molecule has 2 rings (SSSR count). The van der Waals surface area contributed by atoms with Crippen LogP contribution >= 0.6 is 0 Å². The standard InChI is InChI=1S/C16H11NO/c17-11-15-5-1-3-13(9-15)7-8-14-4-2-6-16(10-14)12-18/h1-10,12H/b8-7+. The van der Waals surface area contributed by atoms with Crippen molar-refractivity contribution in [1.29, 1.82) is 5.26 Å². The highest BCUT2D eigenvalue weighted by atomic mass is 16.1. The molecule has 0 aliphatic carbocycles. The topological polar surface area (TPSA) is 40.9 Å². The summed E-state index contributed by atoms with van der Waals surface area (Å²) in [7, 11) is 0. The quantitative estimate of drug-likeness (QED) is 0.601. The Morgan fingerprint density at radius 1 is 0.889 bits per heavy atom. The van der Waals surface area contributed by atoms with E-state index in [1.165, 1.54) is 0 Å². The van der Waals surface area contributed by atoms with Gasteiger partial charge in [0.05, 0.1) is 11.6 Å². The Hall–Kier alpha value is -2.66. The molecule has 0 aliphatic heterocycles. The molecule has 2 aromatic carbocycles. The monoisotopic (exact) mass is 233 g/mol. The van der Waals surface area contributed by atoms with Crippen LogP contribution in [0.4, 0.5) is 0 Å². The lowest BCUT2D eigenvalue weighted by Crippen LogP contribution is -1.80. The first-order valence-electron chi connectivity index (χ1n) is 5.55.